The number of amidine groups is 1. The minimum absolute atomic E-state index is 0.287. The summed E-state index contributed by atoms with van der Waals surface area (Å²) in [5, 5.41) is 6.31. The third kappa shape index (κ3) is 6.05. The van der Waals surface area contributed by atoms with Crippen molar-refractivity contribution in [3.63, 3.8) is 0 Å². The number of aromatic nitrogens is 3. The standard InChI is InChI=1S/C26H30Cl2N6O3S/c1-29-25(38-2)33-11-9-32(10-12-33)20-4-6-21(7-5-20)35-14-22-15-36-26(37-22,16-34-18-30-17-31-34)23-8-3-19(27)13-24(23)28/h3-8,13,17-18,22H,9-12,14-16H2,1-2H3/t22-,26-/m1/s1. The summed E-state index contributed by atoms with van der Waals surface area (Å²) in [4.78, 5) is 13.1. The second-order valence-corrected chi connectivity index (χ2v) is 10.6. The number of aliphatic imine (C=N–C) groups is 1. The summed E-state index contributed by atoms with van der Waals surface area (Å²) < 4.78 is 20.4. The van der Waals surface area contributed by atoms with E-state index in [1.165, 1.54) is 12.0 Å². The van der Waals surface area contributed by atoms with Gasteiger partial charge >= 0.3 is 0 Å². The Kier molecular flexibility index (Phi) is 8.64. The lowest BCUT2D eigenvalue weighted by molar-refractivity contribution is -0.190. The lowest BCUT2D eigenvalue weighted by atomic mass is 10.1. The predicted molar refractivity (Wildman–Crippen MR) is 152 cm³/mol. The van der Waals surface area contributed by atoms with Crippen molar-refractivity contribution in [1.82, 2.24) is 19.7 Å². The molecule has 3 heterocycles. The Bertz CT molecular complexity index is 1240. The van der Waals surface area contributed by atoms with Gasteiger partial charge in [-0.2, -0.15) is 5.10 Å². The maximum atomic E-state index is 6.54. The van der Waals surface area contributed by atoms with E-state index in [-0.39, 0.29) is 12.6 Å². The molecule has 9 nitrogen and oxygen atoms in total. The van der Waals surface area contributed by atoms with Gasteiger partial charge in [-0.05, 0) is 42.7 Å². The van der Waals surface area contributed by atoms with Gasteiger partial charge in [0.2, 0.25) is 5.79 Å². The molecule has 3 aromatic rings. The number of rotatable bonds is 7. The van der Waals surface area contributed by atoms with Crippen LogP contribution in [0.15, 0.2) is 60.1 Å². The normalized spacial score (nSPS) is 22.2. The molecule has 12 heteroatoms. The van der Waals surface area contributed by atoms with E-state index in [1.807, 2.05) is 25.2 Å². The molecule has 2 aromatic carbocycles. The molecule has 38 heavy (non-hydrogen) atoms. The van der Waals surface area contributed by atoms with E-state index in [0.29, 0.717) is 28.8 Å². The number of piperazine rings is 1. The van der Waals surface area contributed by atoms with Crippen LogP contribution in [0.4, 0.5) is 5.69 Å². The maximum absolute atomic E-state index is 6.54. The molecule has 202 valence electrons. The summed E-state index contributed by atoms with van der Waals surface area (Å²) in [5.74, 6) is -0.356. The Balaban J connectivity index is 1.20. The van der Waals surface area contributed by atoms with E-state index in [0.717, 1.165) is 37.1 Å². The molecule has 2 atom stereocenters. The number of hydrogen-bond acceptors (Lipinski definition) is 8. The number of thioether (sulfide) groups is 1. The van der Waals surface area contributed by atoms with Crippen LogP contribution in [0.25, 0.3) is 0 Å². The van der Waals surface area contributed by atoms with E-state index in [2.05, 4.69) is 43.3 Å². The Morgan fingerprint density at radius 2 is 1.95 bits per heavy atom. The van der Waals surface area contributed by atoms with Gasteiger partial charge in [0.05, 0.1) is 11.6 Å². The van der Waals surface area contributed by atoms with Gasteiger partial charge in [-0.3, -0.25) is 4.99 Å². The van der Waals surface area contributed by atoms with E-state index in [1.54, 1.807) is 34.9 Å². The van der Waals surface area contributed by atoms with Crippen molar-refractivity contribution in [1.29, 1.82) is 0 Å². The highest BCUT2D eigenvalue weighted by molar-refractivity contribution is 8.13. The van der Waals surface area contributed by atoms with Crippen molar-refractivity contribution in [2.75, 3.05) is 57.6 Å². The third-order valence-corrected chi connectivity index (χ3v) is 7.95. The Hall–Kier alpha value is -2.50. The largest absolute Gasteiger partial charge is 0.491 e. The SMILES string of the molecule is CN=C(SC)N1CCN(c2ccc(OC[C@@H]3CO[C@@](Cn4cncn4)(c4ccc(Cl)cc4Cl)O3)cc2)CC1. The number of nitrogens with zero attached hydrogens (tertiary/aromatic N) is 6. The van der Waals surface area contributed by atoms with Crippen molar-refractivity contribution < 1.29 is 14.2 Å². The van der Waals surface area contributed by atoms with Crippen LogP contribution in [0.5, 0.6) is 5.75 Å². The molecule has 0 unspecified atom stereocenters. The van der Waals surface area contributed by atoms with Crippen LogP contribution in [0.2, 0.25) is 10.0 Å². The van der Waals surface area contributed by atoms with Crippen molar-refractivity contribution in [2.45, 2.75) is 18.4 Å². The van der Waals surface area contributed by atoms with Crippen molar-refractivity contribution in [3.8, 4) is 5.75 Å². The van der Waals surface area contributed by atoms with Gasteiger partial charge in [0.1, 0.15) is 37.7 Å². The minimum Gasteiger partial charge on any atom is -0.491 e. The number of hydrogen-bond donors (Lipinski definition) is 0. The molecular formula is C26H30Cl2N6O3S. The second-order valence-electron chi connectivity index (χ2n) is 9.01. The maximum Gasteiger partial charge on any atom is 0.217 e. The highest BCUT2D eigenvalue weighted by Crippen LogP contribution is 2.40. The summed E-state index contributed by atoms with van der Waals surface area (Å²) in [6.07, 6.45) is 4.85. The first-order valence-corrected chi connectivity index (χ1v) is 14.3. The molecule has 2 aliphatic rings. The summed E-state index contributed by atoms with van der Waals surface area (Å²) in [6, 6.07) is 13.5. The van der Waals surface area contributed by atoms with E-state index in [9.17, 15) is 0 Å². The van der Waals surface area contributed by atoms with Crippen LogP contribution >= 0.6 is 35.0 Å². The van der Waals surface area contributed by atoms with Gasteiger partial charge in [-0.1, -0.05) is 41.0 Å². The molecule has 0 N–H and O–H groups in total. The molecule has 0 spiro atoms. The summed E-state index contributed by atoms with van der Waals surface area (Å²) in [7, 11) is 1.85. The molecule has 2 fully saturated rings. The lowest BCUT2D eigenvalue weighted by Gasteiger charge is -2.37. The first-order chi connectivity index (χ1) is 18.5. The van der Waals surface area contributed by atoms with Gasteiger partial charge < -0.3 is 24.0 Å². The molecule has 0 aliphatic carbocycles. The molecule has 2 aliphatic heterocycles. The Labute approximate surface area is 236 Å². The zero-order chi connectivity index (χ0) is 26.5. The van der Waals surface area contributed by atoms with E-state index < -0.39 is 5.79 Å². The highest BCUT2D eigenvalue weighted by Gasteiger charge is 2.45. The summed E-state index contributed by atoms with van der Waals surface area (Å²) in [5.41, 5.74) is 1.86. The highest BCUT2D eigenvalue weighted by atomic mass is 35.5. The van der Waals surface area contributed by atoms with Crippen molar-refractivity contribution in [3.05, 3.63) is 70.7 Å². The molecule has 0 saturated carbocycles. The molecule has 0 bridgehead atoms. The van der Waals surface area contributed by atoms with Crippen LogP contribution in [0, 0.1) is 0 Å². The average Bonchev–Trinajstić information content (AvgIpc) is 3.59. The molecule has 2 saturated heterocycles. The fourth-order valence-electron chi connectivity index (χ4n) is 4.74. The first kappa shape index (κ1) is 27.1. The van der Waals surface area contributed by atoms with Crippen molar-refractivity contribution in [2.24, 2.45) is 4.99 Å². The van der Waals surface area contributed by atoms with Gasteiger partial charge in [-0.15, -0.1) is 0 Å². The second kappa shape index (κ2) is 12.1. The first-order valence-electron chi connectivity index (χ1n) is 12.3. The fourth-order valence-corrected chi connectivity index (χ4v) is 5.92. The van der Waals surface area contributed by atoms with Crippen LogP contribution in [-0.4, -0.2) is 83.6 Å². The summed E-state index contributed by atoms with van der Waals surface area (Å²) in [6.45, 7) is 4.78. The number of halogens is 2. The molecule has 0 radical (unpaired) electrons. The zero-order valence-electron chi connectivity index (χ0n) is 21.3. The Morgan fingerprint density at radius 3 is 2.61 bits per heavy atom. The van der Waals surface area contributed by atoms with Gasteiger partial charge in [-0.25, -0.2) is 9.67 Å². The minimum atomic E-state index is -1.13. The third-order valence-electron chi connectivity index (χ3n) is 6.60. The van der Waals surface area contributed by atoms with Gasteiger partial charge in [0.15, 0.2) is 5.17 Å². The number of benzene rings is 2. The average molecular weight is 578 g/mol. The monoisotopic (exact) mass is 576 g/mol. The van der Waals surface area contributed by atoms with Gasteiger partial charge in [0.25, 0.3) is 0 Å². The molecule has 1 aromatic heterocycles. The quantitative estimate of drug-likeness (QED) is 0.302. The van der Waals surface area contributed by atoms with Crippen LogP contribution in [0.1, 0.15) is 5.56 Å². The van der Waals surface area contributed by atoms with Crippen molar-refractivity contribution >= 4 is 45.8 Å². The molecule has 0 amide bonds. The summed E-state index contributed by atoms with van der Waals surface area (Å²) >= 11 is 14.4. The van der Waals surface area contributed by atoms with Crippen LogP contribution < -0.4 is 9.64 Å². The smallest absolute Gasteiger partial charge is 0.217 e. The topological polar surface area (TPSA) is 77.2 Å². The van der Waals surface area contributed by atoms with Crippen LogP contribution in [-0.2, 0) is 21.8 Å². The number of ether oxygens (including phenoxy) is 3. The number of anilines is 1. The zero-order valence-corrected chi connectivity index (χ0v) is 23.6. The fraction of sp³-hybridized carbons (Fsp3) is 0.423. The van der Waals surface area contributed by atoms with Crippen LogP contribution in [0.3, 0.4) is 0 Å². The Morgan fingerprint density at radius 1 is 1.16 bits per heavy atom. The lowest BCUT2D eigenvalue weighted by Crippen LogP contribution is -2.48. The predicted octanol–water partition coefficient (Wildman–Crippen LogP) is 4.40. The van der Waals surface area contributed by atoms with E-state index >= 15 is 0 Å². The molecular weight excluding hydrogens is 547 g/mol. The van der Waals surface area contributed by atoms with E-state index in [4.69, 9.17) is 37.4 Å². The molecule has 5 rings (SSSR count). The van der Waals surface area contributed by atoms with Gasteiger partial charge in [0, 0.05) is 49.5 Å².